The molecule has 74 valence electrons. The minimum absolute atomic E-state index is 0.604. The van der Waals surface area contributed by atoms with Gasteiger partial charge in [-0.2, -0.15) is 0 Å². The van der Waals surface area contributed by atoms with E-state index in [4.69, 9.17) is 0 Å². The predicted molar refractivity (Wildman–Crippen MR) is 52.2 cm³/mol. The van der Waals surface area contributed by atoms with E-state index in [0.29, 0.717) is 6.54 Å². The third-order valence-corrected chi connectivity index (χ3v) is 2.09. The summed E-state index contributed by atoms with van der Waals surface area (Å²) in [4.78, 5) is 2.08. The molecule has 1 heterocycles. The van der Waals surface area contributed by atoms with E-state index >= 15 is 0 Å². The van der Waals surface area contributed by atoms with Gasteiger partial charge in [-0.3, -0.25) is 0 Å². The molecule has 2 heteroatoms. The molecule has 0 spiro atoms. The molecule has 1 nitrogen and oxygen atoms in total. The molecule has 0 aromatic carbocycles. The van der Waals surface area contributed by atoms with Crippen LogP contribution in [0.25, 0.3) is 0 Å². The van der Waals surface area contributed by atoms with Crippen molar-refractivity contribution in [3.63, 3.8) is 0 Å². The van der Waals surface area contributed by atoms with Crippen LogP contribution in [0.5, 0.6) is 0 Å². The minimum atomic E-state index is -0.939. The summed E-state index contributed by atoms with van der Waals surface area (Å²) >= 11 is 0. The van der Waals surface area contributed by atoms with Crippen LogP contribution >= 0.6 is 0 Å². The Balaban J connectivity index is 0.000000561. The molecule has 1 fully saturated rings. The van der Waals surface area contributed by atoms with Gasteiger partial charge in [0, 0.05) is 6.54 Å². The lowest BCUT2D eigenvalue weighted by molar-refractivity contribution is 0.133. The Kier molecular flexibility index (Phi) is 5.47. The largest absolute Gasteiger partial charge is 0.303 e. The second kappa shape index (κ2) is 5.52. The molecule has 0 aromatic heterocycles. The Labute approximate surface area is 75.9 Å². The zero-order chi connectivity index (χ0) is 9.61. The van der Waals surface area contributed by atoms with Crippen molar-refractivity contribution in [2.75, 3.05) is 20.1 Å². The van der Waals surface area contributed by atoms with Gasteiger partial charge in [0.1, 0.15) is 5.67 Å². The van der Waals surface area contributed by atoms with Gasteiger partial charge in [0.25, 0.3) is 0 Å². The number of likely N-dealkylation sites (tertiary alicyclic amines) is 1. The second-order valence-corrected chi connectivity index (χ2v) is 3.61. The summed E-state index contributed by atoms with van der Waals surface area (Å²) in [6, 6.07) is 0. The summed E-state index contributed by atoms with van der Waals surface area (Å²) in [5, 5.41) is 0. The molecule has 0 aromatic rings. The first kappa shape index (κ1) is 11.9. The van der Waals surface area contributed by atoms with E-state index in [2.05, 4.69) is 4.90 Å². The molecule has 1 rings (SSSR count). The van der Waals surface area contributed by atoms with E-state index in [9.17, 15) is 4.39 Å². The molecular weight excluding hydrogens is 153 g/mol. The fourth-order valence-corrected chi connectivity index (χ4v) is 1.60. The zero-order valence-corrected chi connectivity index (χ0v) is 8.86. The van der Waals surface area contributed by atoms with Crippen molar-refractivity contribution in [3.05, 3.63) is 0 Å². The third kappa shape index (κ3) is 4.70. The van der Waals surface area contributed by atoms with Crippen molar-refractivity contribution < 1.29 is 4.39 Å². The third-order valence-electron chi connectivity index (χ3n) is 2.09. The van der Waals surface area contributed by atoms with Crippen LogP contribution in [-0.2, 0) is 0 Å². The molecule has 0 saturated carbocycles. The molecule has 1 saturated heterocycles. The number of hydrogen-bond donors (Lipinski definition) is 0. The predicted octanol–water partition coefficient (Wildman–Crippen LogP) is 2.86. The topological polar surface area (TPSA) is 3.24 Å². The molecule has 0 amide bonds. The Morgan fingerprint density at radius 3 is 2.42 bits per heavy atom. The van der Waals surface area contributed by atoms with E-state index in [1.807, 2.05) is 20.9 Å². The summed E-state index contributed by atoms with van der Waals surface area (Å²) in [6.45, 7) is 7.36. The van der Waals surface area contributed by atoms with Crippen LogP contribution in [0.4, 0.5) is 4.39 Å². The SMILES string of the molecule is CC.CN1CCCCC(C)(F)C1. The van der Waals surface area contributed by atoms with E-state index in [-0.39, 0.29) is 0 Å². The van der Waals surface area contributed by atoms with E-state index in [1.165, 1.54) is 0 Å². The first-order valence-corrected chi connectivity index (χ1v) is 4.98. The second-order valence-electron chi connectivity index (χ2n) is 3.61. The molecule has 0 bridgehead atoms. The van der Waals surface area contributed by atoms with Gasteiger partial charge < -0.3 is 4.90 Å². The van der Waals surface area contributed by atoms with Crippen LogP contribution in [0.1, 0.15) is 40.0 Å². The summed E-state index contributed by atoms with van der Waals surface area (Å²) < 4.78 is 13.3. The van der Waals surface area contributed by atoms with Crippen molar-refractivity contribution in [3.8, 4) is 0 Å². The molecular formula is C10H22FN. The van der Waals surface area contributed by atoms with Crippen molar-refractivity contribution in [1.82, 2.24) is 4.90 Å². The fraction of sp³-hybridized carbons (Fsp3) is 1.00. The van der Waals surface area contributed by atoms with Crippen LogP contribution in [0.15, 0.2) is 0 Å². The number of nitrogens with zero attached hydrogens (tertiary/aromatic N) is 1. The highest BCUT2D eigenvalue weighted by Crippen LogP contribution is 2.22. The van der Waals surface area contributed by atoms with Gasteiger partial charge in [-0.1, -0.05) is 13.8 Å². The summed E-state index contributed by atoms with van der Waals surface area (Å²) in [5.41, 5.74) is -0.939. The molecule has 0 N–H and O–H groups in total. The lowest BCUT2D eigenvalue weighted by atomic mass is 10.0. The quantitative estimate of drug-likeness (QED) is 0.547. The van der Waals surface area contributed by atoms with Gasteiger partial charge in [-0.15, -0.1) is 0 Å². The van der Waals surface area contributed by atoms with Crippen LogP contribution in [0.2, 0.25) is 0 Å². The average molecular weight is 175 g/mol. The summed E-state index contributed by atoms with van der Waals surface area (Å²) in [7, 11) is 1.99. The maximum Gasteiger partial charge on any atom is 0.120 e. The highest BCUT2D eigenvalue weighted by atomic mass is 19.1. The monoisotopic (exact) mass is 175 g/mol. The Morgan fingerprint density at radius 2 is 1.83 bits per heavy atom. The van der Waals surface area contributed by atoms with E-state index in [0.717, 1.165) is 25.8 Å². The van der Waals surface area contributed by atoms with Crippen molar-refractivity contribution in [2.45, 2.75) is 45.7 Å². The Hall–Kier alpha value is -0.110. The number of halogens is 1. The van der Waals surface area contributed by atoms with Gasteiger partial charge in [-0.25, -0.2) is 4.39 Å². The van der Waals surface area contributed by atoms with Gasteiger partial charge >= 0.3 is 0 Å². The van der Waals surface area contributed by atoms with Gasteiger partial charge in [-0.05, 0) is 39.8 Å². The summed E-state index contributed by atoms with van der Waals surface area (Å²) in [6.07, 6.45) is 2.92. The first-order valence-electron chi connectivity index (χ1n) is 4.98. The molecule has 1 aliphatic rings. The maximum atomic E-state index is 13.3. The standard InChI is InChI=1S/C8H16FN.C2H6/c1-8(9)5-3-4-6-10(2)7-8;1-2/h3-7H2,1-2H3;1-2H3. The molecule has 1 atom stereocenters. The van der Waals surface area contributed by atoms with Crippen LogP contribution in [-0.4, -0.2) is 30.7 Å². The van der Waals surface area contributed by atoms with Crippen LogP contribution < -0.4 is 0 Å². The van der Waals surface area contributed by atoms with Gasteiger partial charge in [0.2, 0.25) is 0 Å². The highest BCUT2D eigenvalue weighted by Gasteiger charge is 2.26. The zero-order valence-electron chi connectivity index (χ0n) is 8.86. The van der Waals surface area contributed by atoms with E-state index in [1.54, 1.807) is 6.92 Å². The molecule has 0 aliphatic carbocycles. The van der Waals surface area contributed by atoms with Crippen molar-refractivity contribution in [1.29, 1.82) is 0 Å². The maximum absolute atomic E-state index is 13.3. The smallest absolute Gasteiger partial charge is 0.120 e. The first-order chi connectivity index (χ1) is 5.60. The highest BCUT2D eigenvalue weighted by molar-refractivity contribution is 4.79. The van der Waals surface area contributed by atoms with Gasteiger partial charge in [0.15, 0.2) is 0 Å². The molecule has 0 radical (unpaired) electrons. The van der Waals surface area contributed by atoms with Crippen LogP contribution in [0, 0.1) is 0 Å². The normalized spacial score (nSPS) is 31.8. The average Bonchev–Trinajstić information content (AvgIpc) is 2.14. The molecule has 12 heavy (non-hydrogen) atoms. The lowest BCUT2D eigenvalue weighted by Crippen LogP contribution is -2.33. The number of alkyl halides is 1. The molecule has 1 unspecified atom stereocenters. The minimum Gasteiger partial charge on any atom is -0.303 e. The fourth-order valence-electron chi connectivity index (χ4n) is 1.60. The Morgan fingerprint density at radius 1 is 1.25 bits per heavy atom. The molecule has 1 aliphatic heterocycles. The lowest BCUT2D eigenvalue weighted by Gasteiger charge is -2.22. The number of hydrogen-bond acceptors (Lipinski definition) is 1. The van der Waals surface area contributed by atoms with Gasteiger partial charge in [0.05, 0.1) is 0 Å². The van der Waals surface area contributed by atoms with Crippen LogP contribution in [0.3, 0.4) is 0 Å². The van der Waals surface area contributed by atoms with Crippen molar-refractivity contribution in [2.24, 2.45) is 0 Å². The number of rotatable bonds is 0. The summed E-state index contributed by atoms with van der Waals surface area (Å²) in [5.74, 6) is 0. The Bertz CT molecular complexity index is 112. The van der Waals surface area contributed by atoms with E-state index < -0.39 is 5.67 Å². The van der Waals surface area contributed by atoms with Crippen molar-refractivity contribution >= 4 is 0 Å².